The molecule has 0 N–H and O–H groups in total. The molecule has 2 aromatic heterocycles. The average Bonchev–Trinajstić information content (AvgIpc) is 3.16. The number of fused-ring (bicyclic) bond motifs is 1. The number of halogens is 1. The second-order valence-corrected chi connectivity index (χ2v) is 8.38. The zero-order valence-corrected chi connectivity index (χ0v) is 19.6. The number of carbonyl (C=O) groups is 1. The second kappa shape index (κ2) is 9.13. The van der Waals surface area contributed by atoms with Gasteiger partial charge in [0, 0.05) is 47.4 Å². The third-order valence-corrected chi connectivity index (χ3v) is 6.25. The van der Waals surface area contributed by atoms with Crippen molar-refractivity contribution in [1.82, 2.24) is 19.7 Å². The van der Waals surface area contributed by atoms with Gasteiger partial charge in [-0.1, -0.05) is 48.9 Å². The molecule has 0 aliphatic carbocycles. The average molecular weight is 447 g/mol. The molecule has 0 fully saturated rings. The molecule has 0 aliphatic heterocycles. The number of rotatable bonds is 6. The molecule has 5 nitrogen and oxygen atoms in total. The summed E-state index contributed by atoms with van der Waals surface area (Å²) < 4.78 is 1.94. The lowest BCUT2D eigenvalue weighted by Crippen LogP contribution is -2.26. The van der Waals surface area contributed by atoms with Crippen molar-refractivity contribution in [2.24, 2.45) is 0 Å². The van der Waals surface area contributed by atoms with E-state index in [1.807, 2.05) is 61.2 Å². The lowest BCUT2D eigenvalue weighted by Gasteiger charge is -2.19. The Morgan fingerprint density at radius 1 is 1.12 bits per heavy atom. The van der Waals surface area contributed by atoms with Gasteiger partial charge in [-0.25, -0.2) is 4.98 Å². The highest BCUT2D eigenvalue weighted by molar-refractivity contribution is 6.33. The van der Waals surface area contributed by atoms with E-state index >= 15 is 0 Å². The van der Waals surface area contributed by atoms with Crippen LogP contribution in [0.5, 0.6) is 0 Å². The normalized spacial score (nSPS) is 11.2. The predicted molar refractivity (Wildman–Crippen MR) is 130 cm³/mol. The van der Waals surface area contributed by atoms with Crippen LogP contribution in [-0.2, 0) is 19.5 Å². The summed E-state index contributed by atoms with van der Waals surface area (Å²) >= 11 is 6.46. The molecule has 0 aliphatic rings. The molecule has 4 rings (SSSR count). The largest absolute Gasteiger partial charge is 0.337 e. The molecule has 0 saturated carbocycles. The first-order chi connectivity index (χ1) is 15.4. The zero-order valence-electron chi connectivity index (χ0n) is 18.9. The molecule has 2 aromatic carbocycles. The Bertz CT molecular complexity index is 1290. The summed E-state index contributed by atoms with van der Waals surface area (Å²) in [6, 6.07) is 15.6. The van der Waals surface area contributed by atoms with Crippen molar-refractivity contribution in [3.05, 3.63) is 82.1 Å². The van der Waals surface area contributed by atoms with Gasteiger partial charge in [0.2, 0.25) is 0 Å². The summed E-state index contributed by atoms with van der Waals surface area (Å²) in [5.41, 5.74) is 6.23. The standard InChI is InChI=1S/C26H27ClN4O/c1-5-18-11-12-20-22(26(32)30(4)16-19-15-28-31(6-2)17(19)3)14-25(29-24(20)13-18)21-9-7-8-10-23(21)27/h7-15H,5-6,16H2,1-4H3. The van der Waals surface area contributed by atoms with Gasteiger partial charge in [-0.3, -0.25) is 9.48 Å². The van der Waals surface area contributed by atoms with Gasteiger partial charge in [0.1, 0.15) is 0 Å². The van der Waals surface area contributed by atoms with E-state index in [-0.39, 0.29) is 5.91 Å². The van der Waals surface area contributed by atoms with Gasteiger partial charge in [0.25, 0.3) is 5.91 Å². The van der Waals surface area contributed by atoms with E-state index in [1.165, 1.54) is 5.56 Å². The van der Waals surface area contributed by atoms with Crippen LogP contribution >= 0.6 is 11.6 Å². The third kappa shape index (κ3) is 4.13. The van der Waals surface area contributed by atoms with Crippen molar-refractivity contribution >= 4 is 28.4 Å². The van der Waals surface area contributed by atoms with Crippen molar-refractivity contribution in [2.75, 3.05) is 7.05 Å². The number of aromatic nitrogens is 3. The molecule has 6 heteroatoms. The number of aryl methyl sites for hydroxylation is 2. The fourth-order valence-electron chi connectivity index (χ4n) is 3.97. The highest BCUT2D eigenvalue weighted by atomic mass is 35.5. The Morgan fingerprint density at radius 3 is 2.59 bits per heavy atom. The van der Waals surface area contributed by atoms with Crippen LogP contribution in [0, 0.1) is 6.92 Å². The summed E-state index contributed by atoms with van der Waals surface area (Å²) in [5.74, 6) is -0.0569. The number of hydrogen-bond acceptors (Lipinski definition) is 3. The number of pyridine rings is 1. The van der Waals surface area contributed by atoms with E-state index in [0.29, 0.717) is 22.8 Å². The fourth-order valence-corrected chi connectivity index (χ4v) is 4.20. The number of benzene rings is 2. The van der Waals surface area contributed by atoms with E-state index in [9.17, 15) is 4.79 Å². The van der Waals surface area contributed by atoms with Crippen molar-refractivity contribution in [3.63, 3.8) is 0 Å². The first-order valence-electron chi connectivity index (χ1n) is 10.9. The quantitative estimate of drug-likeness (QED) is 0.369. The van der Waals surface area contributed by atoms with Crippen LogP contribution in [0.25, 0.3) is 22.2 Å². The first-order valence-corrected chi connectivity index (χ1v) is 11.3. The summed E-state index contributed by atoms with van der Waals surface area (Å²) in [7, 11) is 1.83. The lowest BCUT2D eigenvalue weighted by atomic mass is 10.0. The molecule has 0 atom stereocenters. The second-order valence-electron chi connectivity index (χ2n) is 7.97. The van der Waals surface area contributed by atoms with E-state index in [1.54, 1.807) is 4.90 Å². The maximum atomic E-state index is 13.6. The van der Waals surface area contributed by atoms with Gasteiger partial charge in [-0.15, -0.1) is 0 Å². The SMILES string of the molecule is CCc1ccc2c(C(=O)N(C)Cc3cnn(CC)c3C)cc(-c3ccccc3Cl)nc2c1. The van der Waals surface area contributed by atoms with Crippen LogP contribution < -0.4 is 0 Å². The number of carbonyl (C=O) groups excluding carboxylic acids is 1. The molecule has 0 radical (unpaired) electrons. The molecule has 1 amide bonds. The Morgan fingerprint density at radius 2 is 1.91 bits per heavy atom. The van der Waals surface area contributed by atoms with E-state index < -0.39 is 0 Å². The Balaban J connectivity index is 1.79. The highest BCUT2D eigenvalue weighted by Gasteiger charge is 2.20. The van der Waals surface area contributed by atoms with Crippen LogP contribution in [0.15, 0.2) is 54.7 Å². The van der Waals surface area contributed by atoms with Crippen LogP contribution in [0.4, 0.5) is 0 Å². The van der Waals surface area contributed by atoms with Crippen molar-refractivity contribution in [2.45, 2.75) is 40.3 Å². The molecular weight excluding hydrogens is 420 g/mol. The maximum absolute atomic E-state index is 13.6. The van der Waals surface area contributed by atoms with Crippen molar-refractivity contribution < 1.29 is 4.79 Å². The van der Waals surface area contributed by atoms with Crippen molar-refractivity contribution in [1.29, 1.82) is 0 Å². The number of hydrogen-bond donors (Lipinski definition) is 0. The van der Waals surface area contributed by atoms with E-state index in [4.69, 9.17) is 16.6 Å². The smallest absolute Gasteiger partial charge is 0.254 e. The predicted octanol–water partition coefficient (Wildman–Crippen LogP) is 5.91. The van der Waals surface area contributed by atoms with Crippen LogP contribution in [0.2, 0.25) is 5.02 Å². The minimum atomic E-state index is -0.0569. The van der Waals surface area contributed by atoms with Crippen molar-refractivity contribution in [3.8, 4) is 11.3 Å². The number of amides is 1. The van der Waals surface area contributed by atoms with Gasteiger partial charge in [-0.05, 0) is 44.0 Å². The molecule has 2 heterocycles. The van der Waals surface area contributed by atoms with Gasteiger partial charge in [-0.2, -0.15) is 5.10 Å². The topological polar surface area (TPSA) is 51.0 Å². The Kier molecular flexibility index (Phi) is 6.28. The van der Waals surface area contributed by atoms with E-state index in [2.05, 4.69) is 31.1 Å². The third-order valence-electron chi connectivity index (χ3n) is 5.92. The molecule has 0 unspecified atom stereocenters. The zero-order chi connectivity index (χ0) is 22.8. The van der Waals surface area contributed by atoms with Gasteiger partial charge < -0.3 is 4.90 Å². The Hall–Kier alpha value is -3.18. The maximum Gasteiger partial charge on any atom is 0.254 e. The molecule has 32 heavy (non-hydrogen) atoms. The van der Waals surface area contributed by atoms with Crippen LogP contribution in [-0.4, -0.2) is 32.6 Å². The van der Waals surface area contributed by atoms with Crippen LogP contribution in [0.3, 0.4) is 0 Å². The molecular formula is C26H27ClN4O. The molecule has 0 spiro atoms. The lowest BCUT2D eigenvalue weighted by molar-refractivity contribution is 0.0787. The van der Waals surface area contributed by atoms with E-state index in [0.717, 1.165) is 40.7 Å². The first kappa shape index (κ1) is 22.0. The van der Waals surface area contributed by atoms with Gasteiger partial charge in [0.05, 0.1) is 23.0 Å². The highest BCUT2D eigenvalue weighted by Crippen LogP contribution is 2.31. The Labute approximate surface area is 193 Å². The van der Waals surface area contributed by atoms with Gasteiger partial charge in [0.15, 0.2) is 0 Å². The fraction of sp³-hybridized carbons (Fsp3) is 0.269. The minimum absolute atomic E-state index is 0.0569. The molecule has 164 valence electrons. The monoisotopic (exact) mass is 446 g/mol. The summed E-state index contributed by atoms with van der Waals surface area (Å²) in [5, 5.41) is 5.86. The van der Waals surface area contributed by atoms with Crippen LogP contribution in [0.1, 0.15) is 41.0 Å². The van der Waals surface area contributed by atoms with Gasteiger partial charge >= 0.3 is 0 Å². The molecule has 0 bridgehead atoms. The minimum Gasteiger partial charge on any atom is -0.337 e. The molecule has 0 saturated heterocycles. The number of nitrogens with zero attached hydrogens (tertiary/aromatic N) is 4. The summed E-state index contributed by atoms with van der Waals surface area (Å²) in [4.78, 5) is 20.2. The molecule has 4 aromatic rings. The summed E-state index contributed by atoms with van der Waals surface area (Å²) in [6.07, 6.45) is 2.74. The summed E-state index contributed by atoms with van der Waals surface area (Å²) in [6.45, 7) is 7.50.